The summed E-state index contributed by atoms with van der Waals surface area (Å²) in [4.78, 5) is 47.9. The molecule has 0 atom stereocenters. The zero-order chi connectivity index (χ0) is 23.3. The number of nitrogens with one attached hydrogen (secondary N) is 1. The van der Waals surface area contributed by atoms with Crippen molar-refractivity contribution in [2.45, 2.75) is 0 Å². The highest BCUT2D eigenvalue weighted by Gasteiger charge is 2.22. The number of rotatable bonds is 7. The molecule has 162 valence electrons. The van der Waals surface area contributed by atoms with Gasteiger partial charge in [0.1, 0.15) is 5.02 Å². The molecule has 0 fully saturated rings. The van der Waals surface area contributed by atoms with Gasteiger partial charge < -0.3 is 10.1 Å². The molecule has 3 aromatic carbocycles. The number of amides is 1. The Morgan fingerprint density at radius 2 is 1.66 bits per heavy atom. The number of hydrogen-bond acceptors (Lipinski definition) is 6. The summed E-state index contributed by atoms with van der Waals surface area (Å²) in [6.45, 7) is -0.556. The fourth-order valence-electron chi connectivity index (χ4n) is 2.75. The van der Waals surface area contributed by atoms with Crippen molar-refractivity contribution >= 4 is 63.2 Å². The van der Waals surface area contributed by atoms with E-state index in [2.05, 4.69) is 27.9 Å². The zero-order valence-electron chi connectivity index (χ0n) is 16.2. The van der Waals surface area contributed by atoms with Crippen LogP contribution in [0.4, 0.5) is 11.4 Å². The van der Waals surface area contributed by atoms with E-state index in [0.717, 1.165) is 9.64 Å². The fourth-order valence-corrected chi connectivity index (χ4v) is 3.29. The minimum Gasteiger partial charge on any atom is -0.452 e. The Morgan fingerprint density at radius 3 is 2.31 bits per heavy atom. The second-order valence-electron chi connectivity index (χ2n) is 6.43. The maximum absolute atomic E-state index is 12.9. The highest BCUT2D eigenvalue weighted by Crippen LogP contribution is 2.27. The van der Waals surface area contributed by atoms with Crippen molar-refractivity contribution in [1.29, 1.82) is 0 Å². The molecule has 0 aromatic heterocycles. The fraction of sp³-hybridized carbons (Fsp3) is 0.0455. The second kappa shape index (κ2) is 10.3. The van der Waals surface area contributed by atoms with Crippen molar-refractivity contribution in [3.63, 3.8) is 0 Å². The number of ether oxygens (including phenoxy) is 1. The lowest BCUT2D eigenvalue weighted by Crippen LogP contribution is -2.22. The van der Waals surface area contributed by atoms with Crippen molar-refractivity contribution in [2.75, 3.05) is 11.9 Å². The molecule has 0 radical (unpaired) electrons. The van der Waals surface area contributed by atoms with Crippen LogP contribution in [-0.4, -0.2) is 29.2 Å². The average molecular weight is 565 g/mol. The Bertz CT molecular complexity index is 1210. The largest absolute Gasteiger partial charge is 0.452 e. The normalized spacial score (nSPS) is 10.3. The first-order chi connectivity index (χ1) is 15.3. The van der Waals surface area contributed by atoms with Crippen molar-refractivity contribution in [3.05, 3.63) is 102 Å². The van der Waals surface area contributed by atoms with Crippen LogP contribution in [0.2, 0.25) is 5.02 Å². The van der Waals surface area contributed by atoms with E-state index in [0.29, 0.717) is 5.69 Å². The van der Waals surface area contributed by atoms with Gasteiger partial charge in [-0.05, 0) is 65.1 Å². The Hall–Kier alpha value is -3.31. The van der Waals surface area contributed by atoms with Crippen LogP contribution in [0, 0.1) is 13.7 Å². The lowest BCUT2D eigenvalue weighted by Gasteiger charge is -2.10. The molecule has 0 aliphatic rings. The molecule has 0 aliphatic carbocycles. The van der Waals surface area contributed by atoms with Gasteiger partial charge in [-0.1, -0.05) is 29.8 Å². The van der Waals surface area contributed by atoms with E-state index < -0.39 is 34.9 Å². The summed E-state index contributed by atoms with van der Waals surface area (Å²) in [7, 11) is 0. The van der Waals surface area contributed by atoms with Crippen LogP contribution in [0.25, 0.3) is 0 Å². The molecule has 8 nitrogen and oxygen atoms in total. The number of carbonyl (C=O) groups is 3. The quantitative estimate of drug-likeness (QED) is 0.144. The van der Waals surface area contributed by atoms with E-state index in [-0.39, 0.29) is 21.7 Å². The molecule has 0 saturated carbocycles. The molecule has 3 rings (SSSR count). The lowest BCUT2D eigenvalue weighted by molar-refractivity contribution is -0.384. The minimum atomic E-state index is -0.879. The third-order valence-electron chi connectivity index (χ3n) is 4.26. The summed E-state index contributed by atoms with van der Waals surface area (Å²) < 4.78 is 6.06. The van der Waals surface area contributed by atoms with Gasteiger partial charge in [0.2, 0.25) is 0 Å². The van der Waals surface area contributed by atoms with E-state index in [1.807, 2.05) is 12.1 Å². The van der Waals surface area contributed by atoms with E-state index in [1.54, 1.807) is 12.1 Å². The van der Waals surface area contributed by atoms with Gasteiger partial charge in [-0.2, -0.15) is 0 Å². The molecule has 0 unspecified atom stereocenters. The third-order valence-corrected chi connectivity index (χ3v) is 5.30. The molecular formula is C22H14ClIN2O6. The number of carbonyl (C=O) groups excluding carboxylic acids is 3. The molecule has 10 heteroatoms. The standard InChI is InChI=1S/C22H14ClIN2O6/c23-18-10-5-13(11-19(18)26(30)31)21(28)16-3-1-2-4-17(16)22(29)32-12-20(27)25-15-8-6-14(24)7-9-15/h1-11H,12H2,(H,25,27). The number of anilines is 1. The lowest BCUT2D eigenvalue weighted by atomic mass is 9.98. The van der Waals surface area contributed by atoms with Gasteiger partial charge in [0.05, 0.1) is 10.5 Å². The highest BCUT2D eigenvalue weighted by atomic mass is 127. The van der Waals surface area contributed by atoms with Crippen molar-refractivity contribution in [3.8, 4) is 0 Å². The molecule has 0 aliphatic heterocycles. The van der Waals surface area contributed by atoms with Gasteiger partial charge in [-0.3, -0.25) is 19.7 Å². The molecule has 0 heterocycles. The number of esters is 1. The highest BCUT2D eigenvalue weighted by molar-refractivity contribution is 14.1. The number of nitro benzene ring substituents is 1. The predicted octanol–water partition coefficient (Wildman–Crippen LogP) is 4.88. The SMILES string of the molecule is O=C(COC(=O)c1ccccc1C(=O)c1ccc(Cl)c([N+](=O)[O-])c1)Nc1ccc(I)cc1. The zero-order valence-corrected chi connectivity index (χ0v) is 19.1. The summed E-state index contributed by atoms with van der Waals surface area (Å²) in [5, 5.41) is 13.6. The van der Waals surface area contributed by atoms with Gasteiger partial charge in [0.25, 0.3) is 11.6 Å². The predicted molar refractivity (Wildman–Crippen MR) is 126 cm³/mol. The van der Waals surface area contributed by atoms with Gasteiger partial charge in [-0.25, -0.2) is 4.79 Å². The number of ketones is 1. The van der Waals surface area contributed by atoms with E-state index >= 15 is 0 Å². The van der Waals surface area contributed by atoms with Crippen molar-refractivity contribution in [1.82, 2.24) is 0 Å². The Kier molecular flexibility index (Phi) is 7.54. The monoisotopic (exact) mass is 564 g/mol. The number of hydrogen-bond donors (Lipinski definition) is 1. The van der Waals surface area contributed by atoms with E-state index in [9.17, 15) is 24.5 Å². The van der Waals surface area contributed by atoms with Crippen LogP contribution in [0.15, 0.2) is 66.7 Å². The maximum Gasteiger partial charge on any atom is 0.339 e. The number of nitrogens with zero attached hydrogens (tertiary/aromatic N) is 1. The molecule has 0 bridgehead atoms. The van der Waals surface area contributed by atoms with Crippen LogP contribution in [0.3, 0.4) is 0 Å². The van der Waals surface area contributed by atoms with Gasteiger partial charge in [-0.15, -0.1) is 0 Å². The molecule has 0 saturated heterocycles. The Labute approximate surface area is 200 Å². The second-order valence-corrected chi connectivity index (χ2v) is 8.08. The molecule has 3 aromatic rings. The van der Waals surface area contributed by atoms with Gasteiger partial charge >= 0.3 is 5.97 Å². The first-order valence-corrected chi connectivity index (χ1v) is 10.5. The summed E-state index contributed by atoms with van der Waals surface area (Å²) in [5.41, 5.74) is 0.0124. The molecule has 1 amide bonds. The van der Waals surface area contributed by atoms with Crippen LogP contribution < -0.4 is 5.32 Å². The first kappa shape index (κ1) is 23.4. The summed E-state index contributed by atoms with van der Waals surface area (Å²) in [5.74, 6) is -2.05. The molecule has 32 heavy (non-hydrogen) atoms. The maximum atomic E-state index is 12.9. The van der Waals surface area contributed by atoms with Crippen LogP contribution in [-0.2, 0) is 9.53 Å². The van der Waals surface area contributed by atoms with Crippen LogP contribution in [0.5, 0.6) is 0 Å². The van der Waals surface area contributed by atoms with Gasteiger partial charge in [0.15, 0.2) is 12.4 Å². The van der Waals surface area contributed by atoms with E-state index in [1.165, 1.54) is 36.4 Å². The molecule has 1 N–H and O–H groups in total. The summed E-state index contributed by atoms with van der Waals surface area (Å²) in [6, 6.07) is 16.5. The number of halogens is 2. The van der Waals surface area contributed by atoms with Gasteiger partial charge in [0, 0.05) is 26.5 Å². The molecule has 0 spiro atoms. The average Bonchev–Trinajstić information content (AvgIpc) is 2.78. The molecular weight excluding hydrogens is 551 g/mol. The topological polar surface area (TPSA) is 116 Å². The minimum absolute atomic E-state index is 0.0159. The number of nitro groups is 1. The van der Waals surface area contributed by atoms with Crippen molar-refractivity contribution in [2.24, 2.45) is 0 Å². The van der Waals surface area contributed by atoms with E-state index in [4.69, 9.17) is 16.3 Å². The summed E-state index contributed by atoms with van der Waals surface area (Å²) >= 11 is 7.93. The smallest absolute Gasteiger partial charge is 0.339 e. The summed E-state index contributed by atoms with van der Waals surface area (Å²) in [6.07, 6.45) is 0. The van der Waals surface area contributed by atoms with Crippen LogP contribution in [0.1, 0.15) is 26.3 Å². The third kappa shape index (κ3) is 5.68. The van der Waals surface area contributed by atoms with Crippen LogP contribution >= 0.6 is 34.2 Å². The Balaban J connectivity index is 1.74. The number of benzene rings is 3. The first-order valence-electron chi connectivity index (χ1n) is 9.06. The van der Waals surface area contributed by atoms with Crippen molar-refractivity contribution < 1.29 is 24.0 Å². The Morgan fingerprint density at radius 1 is 1.00 bits per heavy atom.